The van der Waals surface area contributed by atoms with E-state index in [4.69, 9.17) is 9.47 Å². The van der Waals surface area contributed by atoms with Crippen LogP contribution in [0.4, 0.5) is 23.7 Å². The minimum Gasteiger partial charge on any atom is -0.493 e. The summed E-state index contributed by atoms with van der Waals surface area (Å²) in [5, 5.41) is 2.49. The van der Waals surface area contributed by atoms with Gasteiger partial charge >= 0.3 is 12.4 Å². The van der Waals surface area contributed by atoms with Gasteiger partial charge in [0.15, 0.2) is 17.2 Å². The number of amides is 2. The van der Waals surface area contributed by atoms with Crippen LogP contribution in [0, 0.1) is 0 Å². The van der Waals surface area contributed by atoms with Crippen molar-refractivity contribution in [3.8, 4) is 17.2 Å². The van der Waals surface area contributed by atoms with Gasteiger partial charge in [0.1, 0.15) is 0 Å². The molecule has 28 heavy (non-hydrogen) atoms. The molecule has 0 unspecified atom stereocenters. The Morgan fingerprint density at radius 2 is 1.68 bits per heavy atom. The Bertz CT molecular complexity index is 871. The second-order valence-corrected chi connectivity index (χ2v) is 6.12. The molecule has 0 atom stereocenters. The van der Waals surface area contributed by atoms with Crippen molar-refractivity contribution >= 4 is 11.7 Å². The zero-order valence-electron chi connectivity index (χ0n) is 15.3. The third-order valence-electron chi connectivity index (χ3n) is 4.36. The fraction of sp³-hybridized carbons (Fsp3) is 0.316. The summed E-state index contributed by atoms with van der Waals surface area (Å²) in [4.78, 5) is 14.1. The van der Waals surface area contributed by atoms with Gasteiger partial charge in [0.2, 0.25) is 0 Å². The van der Waals surface area contributed by atoms with Gasteiger partial charge in [-0.25, -0.2) is 4.79 Å². The van der Waals surface area contributed by atoms with Gasteiger partial charge in [0, 0.05) is 13.1 Å². The number of nitrogens with zero attached hydrogens (tertiary/aromatic N) is 1. The number of hydrogen-bond donors (Lipinski definition) is 1. The number of nitrogens with one attached hydrogen (secondary N) is 1. The van der Waals surface area contributed by atoms with Crippen molar-refractivity contribution in [2.24, 2.45) is 0 Å². The van der Waals surface area contributed by atoms with Crippen LogP contribution in [-0.2, 0) is 13.0 Å². The van der Waals surface area contributed by atoms with Crippen molar-refractivity contribution in [3.05, 3.63) is 47.5 Å². The molecule has 2 amide bonds. The number of alkyl halides is 3. The zero-order chi connectivity index (χ0) is 20.3. The Morgan fingerprint density at radius 1 is 1.04 bits per heavy atom. The first kappa shape index (κ1) is 19.7. The molecule has 150 valence electrons. The summed E-state index contributed by atoms with van der Waals surface area (Å²) in [6.07, 6.45) is -4.26. The zero-order valence-corrected chi connectivity index (χ0v) is 15.3. The van der Waals surface area contributed by atoms with Gasteiger partial charge in [0.25, 0.3) is 0 Å². The molecule has 0 spiro atoms. The van der Waals surface area contributed by atoms with Crippen LogP contribution in [0.15, 0.2) is 36.4 Å². The molecule has 0 bridgehead atoms. The third-order valence-corrected chi connectivity index (χ3v) is 4.36. The number of ether oxygens (including phenoxy) is 3. The largest absolute Gasteiger partial charge is 0.573 e. The molecule has 0 saturated carbocycles. The average molecular weight is 396 g/mol. The number of carbonyl (C=O) groups excluding carboxylic acids is 1. The number of benzene rings is 2. The van der Waals surface area contributed by atoms with Crippen molar-refractivity contribution in [1.29, 1.82) is 0 Å². The standard InChI is InChI=1S/C19H19F3N2O4/c1-26-16-9-12-7-8-24(11-13(12)10-17(16)27-2)18(25)23-14-5-3-4-6-15(14)28-19(20,21)22/h3-6,9-10H,7-8,11H2,1-2H3,(H,23,25). The summed E-state index contributed by atoms with van der Waals surface area (Å²) in [7, 11) is 3.07. The minimum absolute atomic E-state index is 0.0528. The number of carbonyl (C=O) groups is 1. The number of methoxy groups -OCH3 is 2. The molecular weight excluding hydrogens is 377 g/mol. The van der Waals surface area contributed by atoms with Crippen LogP contribution in [-0.4, -0.2) is 38.1 Å². The predicted molar refractivity (Wildman–Crippen MR) is 95.8 cm³/mol. The maximum Gasteiger partial charge on any atom is 0.573 e. The Balaban J connectivity index is 1.75. The van der Waals surface area contributed by atoms with Gasteiger partial charge in [-0.15, -0.1) is 13.2 Å². The number of urea groups is 1. The van der Waals surface area contributed by atoms with Gasteiger partial charge in [-0.05, 0) is 41.8 Å². The number of para-hydroxylation sites is 2. The molecule has 1 aliphatic heterocycles. The Labute approximate surface area is 159 Å². The van der Waals surface area contributed by atoms with E-state index < -0.39 is 18.1 Å². The summed E-state index contributed by atoms with van der Waals surface area (Å²) in [6, 6.07) is 8.56. The molecule has 2 aromatic carbocycles. The van der Waals surface area contributed by atoms with Crippen LogP contribution in [0.25, 0.3) is 0 Å². The van der Waals surface area contributed by atoms with Crippen LogP contribution in [0.3, 0.4) is 0 Å². The van der Waals surface area contributed by atoms with Gasteiger partial charge in [-0.3, -0.25) is 0 Å². The second-order valence-electron chi connectivity index (χ2n) is 6.12. The van der Waals surface area contributed by atoms with Crippen LogP contribution in [0.5, 0.6) is 17.2 Å². The minimum atomic E-state index is -4.85. The predicted octanol–water partition coefficient (Wildman–Crippen LogP) is 4.19. The topological polar surface area (TPSA) is 60.0 Å². The monoisotopic (exact) mass is 396 g/mol. The molecule has 1 aliphatic rings. The van der Waals surface area contributed by atoms with E-state index in [1.807, 2.05) is 6.07 Å². The average Bonchev–Trinajstić information content (AvgIpc) is 2.66. The number of fused-ring (bicyclic) bond motifs is 1. The third kappa shape index (κ3) is 4.41. The molecule has 6 nitrogen and oxygen atoms in total. The normalized spacial score (nSPS) is 13.5. The first-order chi connectivity index (χ1) is 13.3. The lowest BCUT2D eigenvalue weighted by atomic mass is 9.99. The van der Waals surface area contributed by atoms with Crippen molar-refractivity contribution in [1.82, 2.24) is 4.90 Å². The van der Waals surface area contributed by atoms with Crippen molar-refractivity contribution < 1.29 is 32.2 Å². The van der Waals surface area contributed by atoms with Crippen molar-refractivity contribution in [3.63, 3.8) is 0 Å². The van der Waals surface area contributed by atoms with Gasteiger partial charge in [-0.1, -0.05) is 12.1 Å². The van der Waals surface area contributed by atoms with E-state index in [0.717, 1.165) is 17.2 Å². The fourth-order valence-corrected chi connectivity index (χ4v) is 3.03. The first-order valence-corrected chi connectivity index (χ1v) is 8.45. The molecule has 0 radical (unpaired) electrons. The number of hydrogen-bond acceptors (Lipinski definition) is 4. The molecule has 2 aromatic rings. The first-order valence-electron chi connectivity index (χ1n) is 8.45. The van der Waals surface area contributed by atoms with Crippen LogP contribution >= 0.6 is 0 Å². The lowest BCUT2D eigenvalue weighted by Gasteiger charge is -2.30. The summed E-state index contributed by atoms with van der Waals surface area (Å²) in [5.41, 5.74) is 1.87. The molecule has 0 saturated heterocycles. The molecule has 0 aromatic heterocycles. The van der Waals surface area contributed by atoms with E-state index >= 15 is 0 Å². The lowest BCUT2D eigenvalue weighted by Crippen LogP contribution is -2.39. The van der Waals surface area contributed by atoms with Crippen LogP contribution < -0.4 is 19.5 Å². The molecule has 1 N–H and O–H groups in total. The van der Waals surface area contributed by atoms with Gasteiger partial charge in [-0.2, -0.15) is 0 Å². The fourth-order valence-electron chi connectivity index (χ4n) is 3.03. The van der Waals surface area contributed by atoms with E-state index in [1.54, 1.807) is 13.2 Å². The highest BCUT2D eigenvalue weighted by Gasteiger charge is 2.32. The van der Waals surface area contributed by atoms with E-state index in [1.165, 1.54) is 30.2 Å². The highest BCUT2D eigenvalue weighted by atomic mass is 19.4. The van der Waals surface area contributed by atoms with E-state index in [-0.39, 0.29) is 5.69 Å². The molecule has 0 aliphatic carbocycles. The number of rotatable bonds is 4. The quantitative estimate of drug-likeness (QED) is 0.842. The summed E-state index contributed by atoms with van der Waals surface area (Å²) < 4.78 is 52.2. The Kier molecular flexibility index (Phi) is 5.53. The van der Waals surface area contributed by atoms with Crippen molar-refractivity contribution in [2.45, 2.75) is 19.3 Å². The van der Waals surface area contributed by atoms with Crippen LogP contribution in [0.2, 0.25) is 0 Å². The highest BCUT2D eigenvalue weighted by molar-refractivity contribution is 5.91. The smallest absolute Gasteiger partial charge is 0.493 e. The number of anilines is 1. The number of halogens is 3. The van der Waals surface area contributed by atoms with Gasteiger partial charge in [0.05, 0.1) is 19.9 Å². The highest BCUT2D eigenvalue weighted by Crippen LogP contribution is 2.34. The van der Waals surface area contributed by atoms with Crippen molar-refractivity contribution in [2.75, 3.05) is 26.1 Å². The molecule has 0 fully saturated rings. The maximum atomic E-state index is 12.6. The Morgan fingerprint density at radius 3 is 2.32 bits per heavy atom. The van der Waals surface area contributed by atoms with E-state index in [9.17, 15) is 18.0 Å². The summed E-state index contributed by atoms with van der Waals surface area (Å²) in [6.45, 7) is 0.709. The molecular formula is C19H19F3N2O4. The van der Waals surface area contributed by atoms with Crippen LogP contribution in [0.1, 0.15) is 11.1 Å². The Hall–Kier alpha value is -3.10. The maximum absolute atomic E-state index is 12.6. The van der Waals surface area contributed by atoms with E-state index in [0.29, 0.717) is 31.0 Å². The molecule has 3 rings (SSSR count). The second kappa shape index (κ2) is 7.87. The van der Waals surface area contributed by atoms with Gasteiger partial charge < -0.3 is 24.4 Å². The SMILES string of the molecule is COc1cc2c(cc1OC)CN(C(=O)Nc1ccccc1OC(F)(F)F)CC2. The van der Waals surface area contributed by atoms with E-state index in [2.05, 4.69) is 10.1 Å². The lowest BCUT2D eigenvalue weighted by molar-refractivity contribution is -0.274. The molecule has 1 heterocycles. The summed E-state index contributed by atoms with van der Waals surface area (Å²) in [5.74, 6) is 0.692. The molecule has 9 heteroatoms. The summed E-state index contributed by atoms with van der Waals surface area (Å²) >= 11 is 0.